The Labute approximate surface area is 159 Å². The van der Waals surface area contributed by atoms with Crippen molar-refractivity contribution in [2.24, 2.45) is 5.92 Å². The van der Waals surface area contributed by atoms with Crippen molar-refractivity contribution in [1.82, 2.24) is 13.9 Å². The van der Waals surface area contributed by atoms with Crippen LogP contribution >= 0.6 is 0 Å². The van der Waals surface area contributed by atoms with Gasteiger partial charge in [0, 0.05) is 31.9 Å². The molecule has 2 aliphatic rings. The average Bonchev–Trinajstić information content (AvgIpc) is 3.33. The molecule has 1 unspecified atom stereocenters. The number of nitrogens with one attached hydrogen (secondary N) is 1. The Balaban J connectivity index is 1.85. The van der Waals surface area contributed by atoms with Crippen LogP contribution in [-0.2, 0) is 21.3 Å². The van der Waals surface area contributed by atoms with Crippen LogP contribution < -0.4 is 11.2 Å². The number of unbranched alkanes of at least 4 members (excludes halogenated alkanes) is 3. The predicted octanol–water partition coefficient (Wildman–Crippen LogP) is 1.31. The van der Waals surface area contributed by atoms with Gasteiger partial charge in [0.2, 0.25) is 10.0 Å². The van der Waals surface area contributed by atoms with E-state index in [-0.39, 0.29) is 16.9 Å². The minimum Gasteiger partial charge on any atom is -0.381 e. The summed E-state index contributed by atoms with van der Waals surface area (Å²) in [6.45, 7) is 4.05. The molecule has 1 aliphatic heterocycles. The van der Waals surface area contributed by atoms with E-state index in [9.17, 15) is 18.0 Å². The Morgan fingerprint density at radius 1 is 1.22 bits per heavy atom. The molecule has 1 saturated carbocycles. The van der Waals surface area contributed by atoms with Gasteiger partial charge in [0.05, 0.1) is 6.61 Å². The molecule has 1 aromatic rings. The van der Waals surface area contributed by atoms with Crippen molar-refractivity contribution >= 4 is 10.0 Å². The van der Waals surface area contributed by atoms with Gasteiger partial charge in [-0.05, 0) is 31.6 Å². The van der Waals surface area contributed by atoms with E-state index < -0.39 is 21.3 Å². The lowest BCUT2D eigenvalue weighted by molar-refractivity contribution is 0.180. The number of hydrogen-bond donors (Lipinski definition) is 1. The van der Waals surface area contributed by atoms with Gasteiger partial charge in [-0.2, -0.15) is 4.31 Å². The lowest BCUT2D eigenvalue weighted by atomic mass is 10.1. The first-order valence-corrected chi connectivity index (χ1v) is 11.3. The molecule has 0 bridgehead atoms. The summed E-state index contributed by atoms with van der Waals surface area (Å²) in [6.07, 6.45) is 7.52. The molecule has 27 heavy (non-hydrogen) atoms. The van der Waals surface area contributed by atoms with E-state index in [0.29, 0.717) is 26.3 Å². The molecule has 3 rings (SSSR count). The van der Waals surface area contributed by atoms with Crippen molar-refractivity contribution < 1.29 is 13.2 Å². The molecule has 9 heteroatoms. The van der Waals surface area contributed by atoms with Crippen LogP contribution in [0.15, 0.2) is 20.7 Å². The number of aromatic amines is 1. The van der Waals surface area contributed by atoms with Crippen LogP contribution in [0.4, 0.5) is 0 Å². The molecular weight excluding hydrogens is 370 g/mol. The quantitative estimate of drug-likeness (QED) is 0.598. The number of hydrogen-bond acceptors (Lipinski definition) is 5. The average molecular weight is 400 g/mol. The summed E-state index contributed by atoms with van der Waals surface area (Å²) < 4.78 is 34.5. The van der Waals surface area contributed by atoms with Crippen molar-refractivity contribution in [3.05, 3.63) is 27.0 Å². The van der Waals surface area contributed by atoms with Crippen LogP contribution in [0.1, 0.15) is 51.9 Å². The molecule has 0 aromatic carbocycles. The number of aryl methyl sites for hydroxylation is 1. The van der Waals surface area contributed by atoms with Gasteiger partial charge in [-0.25, -0.2) is 13.2 Å². The molecule has 0 radical (unpaired) electrons. The van der Waals surface area contributed by atoms with Gasteiger partial charge in [0.25, 0.3) is 5.56 Å². The molecule has 1 atom stereocenters. The van der Waals surface area contributed by atoms with E-state index >= 15 is 0 Å². The summed E-state index contributed by atoms with van der Waals surface area (Å²) in [5, 5.41) is 0. The third-order valence-corrected chi connectivity index (χ3v) is 7.14. The first-order chi connectivity index (χ1) is 12.9. The number of aromatic nitrogens is 2. The van der Waals surface area contributed by atoms with Gasteiger partial charge >= 0.3 is 5.69 Å². The smallest absolute Gasteiger partial charge is 0.328 e. The van der Waals surface area contributed by atoms with Gasteiger partial charge in [0.15, 0.2) is 4.90 Å². The molecule has 0 amide bonds. The highest BCUT2D eigenvalue weighted by Gasteiger charge is 2.41. The maximum Gasteiger partial charge on any atom is 0.328 e. The number of sulfonamides is 1. The van der Waals surface area contributed by atoms with Crippen LogP contribution in [0.25, 0.3) is 0 Å². The van der Waals surface area contributed by atoms with Crippen LogP contribution in [0.2, 0.25) is 0 Å². The topological polar surface area (TPSA) is 101 Å². The van der Waals surface area contributed by atoms with Gasteiger partial charge in [-0.3, -0.25) is 14.3 Å². The first kappa shape index (κ1) is 20.3. The number of rotatable bonds is 10. The molecule has 1 aliphatic carbocycles. The second-order valence-electron chi connectivity index (χ2n) is 7.54. The molecule has 152 valence electrons. The minimum absolute atomic E-state index is 0.0556. The Bertz CT molecular complexity index is 850. The van der Waals surface area contributed by atoms with Crippen molar-refractivity contribution in [3.8, 4) is 0 Å². The van der Waals surface area contributed by atoms with Crippen LogP contribution in [0.5, 0.6) is 0 Å². The Morgan fingerprint density at radius 3 is 2.63 bits per heavy atom. The van der Waals surface area contributed by atoms with Crippen LogP contribution in [0.3, 0.4) is 0 Å². The fourth-order valence-corrected chi connectivity index (χ4v) is 5.27. The number of nitrogens with zero attached hydrogens (tertiary/aromatic N) is 2. The summed E-state index contributed by atoms with van der Waals surface area (Å²) in [5.74, 6) is 0.152. The Morgan fingerprint density at radius 2 is 2.00 bits per heavy atom. The van der Waals surface area contributed by atoms with E-state index in [4.69, 9.17) is 4.74 Å². The van der Waals surface area contributed by atoms with E-state index in [1.54, 1.807) is 0 Å². The number of H-pyrrole nitrogens is 1. The summed E-state index contributed by atoms with van der Waals surface area (Å²) in [5.41, 5.74) is -1.39. The maximum absolute atomic E-state index is 13.2. The third kappa shape index (κ3) is 4.89. The summed E-state index contributed by atoms with van der Waals surface area (Å²) in [6, 6.07) is -0.0556. The lowest BCUT2D eigenvalue weighted by Gasteiger charge is -2.24. The van der Waals surface area contributed by atoms with Gasteiger partial charge in [0.1, 0.15) is 0 Å². The fourth-order valence-electron chi connectivity index (χ4n) is 3.46. The minimum atomic E-state index is -3.96. The summed E-state index contributed by atoms with van der Waals surface area (Å²) in [4.78, 5) is 26.2. The van der Waals surface area contributed by atoms with E-state index in [1.807, 2.05) is 0 Å². The molecule has 1 N–H and O–H groups in total. The van der Waals surface area contributed by atoms with Crippen molar-refractivity contribution in [2.45, 2.75) is 69.4 Å². The monoisotopic (exact) mass is 399 g/mol. The second-order valence-corrected chi connectivity index (χ2v) is 9.40. The van der Waals surface area contributed by atoms with E-state index in [2.05, 4.69) is 11.9 Å². The van der Waals surface area contributed by atoms with Crippen molar-refractivity contribution in [1.29, 1.82) is 0 Å². The SMILES string of the molecule is CCCCCCn1cc(S(=O)(=O)N(CC2CCOC2)C2CC2)c(=O)[nH]c1=O. The zero-order valence-electron chi connectivity index (χ0n) is 15.9. The van der Waals surface area contributed by atoms with Gasteiger partial charge < -0.3 is 4.74 Å². The molecule has 2 heterocycles. The highest BCUT2D eigenvalue weighted by molar-refractivity contribution is 7.89. The van der Waals surface area contributed by atoms with E-state index in [0.717, 1.165) is 44.9 Å². The number of ether oxygens (including phenoxy) is 1. The van der Waals surface area contributed by atoms with Crippen LogP contribution in [-0.4, -0.2) is 48.1 Å². The lowest BCUT2D eigenvalue weighted by Crippen LogP contribution is -2.42. The maximum atomic E-state index is 13.2. The molecular formula is C18H29N3O5S. The molecule has 8 nitrogen and oxygen atoms in total. The summed E-state index contributed by atoms with van der Waals surface area (Å²) in [7, 11) is -3.96. The molecule has 2 fully saturated rings. The standard InChI is InChI=1S/C18H29N3O5S/c1-2-3-4-5-9-20-12-16(17(22)19-18(20)23)27(24,25)21(15-6-7-15)11-14-8-10-26-13-14/h12,14-15H,2-11,13H2,1H3,(H,19,22,23). The molecule has 1 saturated heterocycles. The van der Waals surface area contributed by atoms with E-state index in [1.165, 1.54) is 15.1 Å². The normalized spacial score (nSPS) is 20.4. The first-order valence-electron chi connectivity index (χ1n) is 9.87. The fraction of sp³-hybridized carbons (Fsp3) is 0.778. The predicted molar refractivity (Wildman–Crippen MR) is 101 cm³/mol. The molecule has 0 spiro atoms. The van der Waals surface area contributed by atoms with Gasteiger partial charge in [-0.1, -0.05) is 26.2 Å². The Kier molecular flexibility index (Phi) is 6.54. The highest BCUT2D eigenvalue weighted by Crippen LogP contribution is 2.33. The van der Waals surface area contributed by atoms with Crippen molar-refractivity contribution in [3.63, 3.8) is 0 Å². The molecule has 1 aromatic heterocycles. The van der Waals surface area contributed by atoms with Crippen LogP contribution in [0, 0.1) is 5.92 Å². The zero-order chi connectivity index (χ0) is 19.4. The second kappa shape index (κ2) is 8.70. The third-order valence-electron chi connectivity index (χ3n) is 5.23. The Hall–Kier alpha value is -1.45. The summed E-state index contributed by atoms with van der Waals surface area (Å²) >= 11 is 0. The van der Waals surface area contributed by atoms with Crippen molar-refractivity contribution in [2.75, 3.05) is 19.8 Å². The zero-order valence-corrected chi connectivity index (χ0v) is 16.7. The highest BCUT2D eigenvalue weighted by atomic mass is 32.2. The van der Waals surface area contributed by atoms with Gasteiger partial charge in [-0.15, -0.1) is 0 Å². The largest absolute Gasteiger partial charge is 0.381 e.